The van der Waals surface area contributed by atoms with Crippen LogP contribution in [0.4, 0.5) is 4.39 Å². The second kappa shape index (κ2) is 4.81. The third kappa shape index (κ3) is 3.08. The van der Waals surface area contributed by atoms with E-state index in [-0.39, 0.29) is 5.82 Å². The number of halogens is 2. The summed E-state index contributed by atoms with van der Waals surface area (Å²) in [7, 11) is 0. The van der Waals surface area contributed by atoms with E-state index < -0.39 is 0 Å². The van der Waals surface area contributed by atoms with Gasteiger partial charge in [0.15, 0.2) is 0 Å². The van der Waals surface area contributed by atoms with Gasteiger partial charge in [0.1, 0.15) is 5.82 Å². The van der Waals surface area contributed by atoms with E-state index in [0.717, 1.165) is 14.3 Å². The fraction of sp³-hybridized carbons (Fsp3) is 0. The number of hydrogen-bond acceptors (Lipinski definition) is 1. The third-order valence-electron chi connectivity index (χ3n) is 1.85. The average molecular weight is 283 g/mol. The van der Waals surface area contributed by atoms with Crippen LogP contribution >= 0.6 is 27.7 Å². The SMILES string of the molecule is Fc1ccc(Sc2cccc(Br)c2)cc1. The first-order valence-corrected chi connectivity index (χ1v) is 6.04. The van der Waals surface area contributed by atoms with E-state index in [1.165, 1.54) is 12.1 Å². The van der Waals surface area contributed by atoms with Gasteiger partial charge in [-0.05, 0) is 42.5 Å². The summed E-state index contributed by atoms with van der Waals surface area (Å²) in [4.78, 5) is 2.17. The molecule has 0 unspecified atom stereocenters. The van der Waals surface area contributed by atoms with Gasteiger partial charge in [0.05, 0.1) is 0 Å². The highest BCUT2D eigenvalue weighted by atomic mass is 79.9. The monoisotopic (exact) mass is 282 g/mol. The van der Waals surface area contributed by atoms with Gasteiger partial charge in [0.2, 0.25) is 0 Å². The summed E-state index contributed by atoms with van der Waals surface area (Å²) in [5.41, 5.74) is 0. The lowest BCUT2D eigenvalue weighted by molar-refractivity contribution is 0.626. The molecule has 0 heterocycles. The molecule has 0 nitrogen and oxygen atoms in total. The highest BCUT2D eigenvalue weighted by Crippen LogP contribution is 2.29. The van der Waals surface area contributed by atoms with Crippen molar-refractivity contribution in [2.45, 2.75) is 9.79 Å². The van der Waals surface area contributed by atoms with Crippen molar-refractivity contribution < 1.29 is 4.39 Å². The summed E-state index contributed by atoms with van der Waals surface area (Å²) >= 11 is 5.03. The van der Waals surface area contributed by atoms with Gasteiger partial charge in [-0.15, -0.1) is 0 Å². The smallest absolute Gasteiger partial charge is 0.123 e. The summed E-state index contributed by atoms with van der Waals surface area (Å²) in [5.74, 6) is -0.200. The van der Waals surface area contributed by atoms with Crippen LogP contribution in [0.2, 0.25) is 0 Å². The number of rotatable bonds is 2. The molecule has 0 amide bonds. The molecule has 15 heavy (non-hydrogen) atoms. The lowest BCUT2D eigenvalue weighted by Gasteiger charge is -2.01. The van der Waals surface area contributed by atoms with E-state index in [0.29, 0.717) is 0 Å². The van der Waals surface area contributed by atoms with Gasteiger partial charge in [-0.25, -0.2) is 4.39 Å². The maximum atomic E-state index is 12.7. The van der Waals surface area contributed by atoms with Crippen LogP contribution in [0.1, 0.15) is 0 Å². The van der Waals surface area contributed by atoms with Crippen LogP contribution in [0.5, 0.6) is 0 Å². The van der Waals surface area contributed by atoms with Gasteiger partial charge < -0.3 is 0 Å². The van der Waals surface area contributed by atoms with E-state index in [2.05, 4.69) is 15.9 Å². The van der Waals surface area contributed by atoms with Crippen molar-refractivity contribution in [1.82, 2.24) is 0 Å². The fourth-order valence-corrected chi connectivity index (χ4v) is 2.60. The minimum absolute atomic E-state index is 0.200. The van der Waals surface area contributed by atoms with E-state index in [1.807, 2.05) is 24.3 Å². The largest absolute Gasteiger partial charge is 0.207 e. The highest BCUT2D eigenvalue weighted by Gasteiger charge is 1.98. The van der Waals surface area contributed by atoms with E-state index >= 15 is 0 Å². The van der Waals surface area contributed by atoms with Crippen molar-refractivity contribution in [3.8, 4) is 0 Å². The minimum Gasteiger partial charge on any atom is -0.207 e. The average Bonchev–Trinajstić information content (AvgIpc) is 2.22. The zero-order valence-electron chi connectivity index (χ0n) is 7.78. The molecular formula is C12H8BrFS. The maximum Gasteiger partial charge on any atom is 0.123 e. The lowest BCUT2D eigenvalue weighted by Crippen LogP contribution is -1.75. The molecule has 0 bridgehead atoms. The molecule has 76 valence electrons. The minimum atomic E-state index is -0.200. The zero-order valence-corrected chi connectivity index (χ0v) is 10.2. The van der Waals surface area contributed by atoms with E-state index in [9.17, 15) is 4.39 Å². The summed E-state index contributed by atoms with van der Waals surface area (Å²) < 4.78 is 13.7. The molecule has 0 atom stereocenters. The Hall–Kier alpha value is -0.800. The van der Waals surface area contributed by atoms with Crippen LogP contribution in [-0.4, -0.2) is 0 Å². The van der Waals surface area contributed by atoms with Crippen molar-refractivity contribution in [3.05, 3.63) is 58.8 Å². The van der Waals surface area contributed by atoms with Crippen molar-refractivity contribution in [2.75, 3.05) is 0 Å². The molecule has 0 saturated carbocycles. The first kappa shape index (κ1) is 10.7. The van der Waals surface area contributed by atoms with E-state index in [1.54, 1.807) is 23.9 Å². The molecule has 2 aromatic rings. The Morgan fingerprint density at radius 2 is 1.67 bits per heavy atom. The predicted molar refractivity (Wildman–Crippen MR) is 64.7 cm³/mol. The molecule has 2 aromatic carbocycles. The molecule has 0 aromatic heterocycles. The fourth-order valence-electron chi connectivity index (χ4n) is 1.17. The van der Waals surface area contributed by atoms with Crippen molar-refractivity contribution >= 4 is 27.7 Å². The van der Waals surface area contributed by atoms with Gasteiger partial charge in [0, 0.05) is 14.3 Å². The molecule has 0 aliphatic carbocycles. The number of benzene rings is 2. The molecule has 0 aliphatic rings. The molecule has 3 heteroatoms. The molecule has 0 aliphatic heterocycles. The van der Waals surface area contributed by atoms with Crippen LogP contribution in [0.25, 0.3) is 0 Å². The Balaban J connectivity index is 2.18. The molecule has 0 N–H and O–H groups in total. The van der Waals surface area contributed by atoms with Gasteiger partial charge in [0.25, 0.3) is 0 Å². The lowest BCUT2D eigenvalue weighted by atomic mass is 10.3. The Kier molecular flexibility index (Phi) is 3.44. The van der Waals surface area contributed by atoms with Gasteiger partial charge in [-0.1, -0.05) is 33.8 Å². The van der Waals surface area contributed by atoms with Crippen LogP contribution in [0.3, 0.4) is 0 Å². The topological polar surface area (TPSA) is 0 Å². The molecule has 0 radical (unpaired) electrons. The maximum absolute atomic E-state index is 12.7. The highest BCUT2D eigenvalue weighted by molar-refractivity contribution is 9.10. The van der Waals surface area contributed by atoms with Gasteiger partial charge in [-0.2, -0.15) is 0 Å². The molecule has 2 rings (SSSR count). The first-order valence-electron chi connectivity index (χ1n) is 4.43. The second-order valence-corrected chi connectivity index (χ2v) is 5.08. The zero-order chi connectivity index (χ0) is 10.7. The molecule has 0 fully saturated rings. The molecule has 0 saturated heterocycles. The van der Waals surface area contributed by atoms with Crippen molar-refractivity contribution in [1.29, 1.82) is 0 Å². The predicted octanol–water partition coefficient (Wildman–Crippen LogP) is 4.74. The summed E-state index contributed by atoms with van der Waals surface area (Å²) in [6.07, 6.45) is 0. The molecular weight excluding hydrogens is 275 g/mol. The Labute approximate surface area is 101 Å². The molecule has 0 spiro atoms. The summed E-state index contributed by atoms with van der Waals surface area (Å²) in [6.45, 7) is 0. The second-order valence-electron chi connectivity index (χ2n) is 3.01. The Bertz CT molecular complexity index is 453. The summed E-state index contributed by atoms with van der Waals surface area (Å²) in [6, 6.07) is 14.5. The van der Waals surface area contributed by atoms with Crippen LogP contribution in [-0.2, 0) is 0 Å². The normalized spacial score (nSPS) is 10.3. The first-order chi connectivity index (χ1) is 7.24. The van der Waals surface area contributed by atoms with Crippen molar-refractivity contribution in [3.63, 3.8) is 0 Å². The van der Waals surface area contributed by atoms with Crippen molar-refractivity contribution in [2.24, 2.45) is 0 Å². The Morgan fingerprint density at radius 1 is 0.933 bits per heavy atom. The van der Waals surface area contributed by atoms with Crippen LogP contribution in [0.15, 0.2) is 62.8 Å². The standard InChI is InChI=1S/C12H8BrFS/c13-9-2-1-3-12(8-9)15-11-6-4-10(14)5-7-11/h1-8H. The summed E-state index contributed by atoms with van der Waals surface area (Å²) in [5, 5.41) is 0. The quantitative estimate of drug-likeness (QED) is 0.767. The van der Waals surface area contributed by atoms with Crippen LogP contribution in [0, 0.1) is 5.82 Å². The van der Waals surface area contributed by atoms with E-state index in [4.69, 9.17) is 0 Å². The van der Waals surface area contributed by atoms with Gasteiger partial charge >= 0.3 is 0 Å². The Morgan fingerprint density at radius 3 is 2.33 bits per heavy atom. The van der Waals surface area contributed by atoms with Gasteiger partial charge in [-0.3, -0.25) is 0 Å². The van der Waals surface area contributed by atoms with Crippen LogP contribution < -0.4 is 0 Å². The number of hydrogen-bond donors (Lipinski definition) is 0. The third-order valence-corrected chi connectivity index (χ3v) is 3.34.